The number of hydrogen-bond acceptors (Lipinski definition) is 6. The number of carbonyl (C=O) groups excluding carboxylic acids is 1. The molecule has 1 amide bonds. The number of amides is 1. The number of fused-ring (bicyclic) bond motifs is 8. The van der Waals surface area contributed by atoms with Gasteiger partial charge in [-0.15, -0.1) is 0 Å². The van der Waals surface area contributed by atoms with Crippen LogP contribution in [0.4, 0.5) is 13.6 Å². The van der Waals surface area contributed by atoms with Gasteiger partial charge in [-0.25, -0.2) is 26.7 Å². The summed E-state index contributed by atoms with van der Waals surface area (Å²) in [7, 11) is -3.49. The summed E-state index contributed by atoms with van der Waals surface area (Å²) in [6, 6.07) is 1.04. The van der Waals surface area contributed by atoms with Gasteiger partial charge < -0.3 is 14.2 Å². The van der Waals surface area contributed by atoms with Gasteiger partial charge in [-0.3, -0.25) is 4.90 Å². The third-order valence-corrected chi connectivity index (χ3v) is 7.62. The Morgan fingerprint density at radius 3 is 2.50 bits per heavy atom. The van der Waals surface area contributed by atoms with Crippen LogP contribution >= 0.6 is 0 Å². The molecule has 2 fully saturated rings. The van der Waals surface area contributed by atoms with E-state index in [9.17, 15) is 17.6 Å². The number of halogens is 2. The molecule has 190 valence electrons. The summed E-state index contributed by atoms with van der Waals surface area (Å²) in [5, 5.41) is 0. The van der Waals surface area contributed by atoms with Gasteiger partial charge in [-0.1, -0.05) is 0 Å². The van der Waals surface area contributed by atoms with E-state index in [1.165, 1.54) is 6.07 Å². The zero-order valence-corrected chi connectivity index (χ0v) is 20.3. The lowest BCUT2D eigenvalue weighted by molar-refractivity contribution is -0.0106. The monoisotopic (exact) mass is 502 g/mol. The molecule has 1 saturated heterocycles. The van der Waals surface area contributed by atoms with Crippen LogP contribution in [-0.2, 0) is 19.5 Å². The molecule has 3 aliphatic heterocycles. The van der Waals surface area contributed by atoms with Crippen LogP contribution < -0.4 is 9.46 Å². The highest BCUT2D eigenvalue weighted by Crippen LogP contribution is 2.38. The highest BCUT2D eigenvalue weighted by atomic mass is 32.2. The fraction of sp³-hybridized carbons (Fsp3) is 0.696. The van der Waals surface area contributed by atoms with E-state index in [-0.39, 0.29) is 50.1 Å². The van der Waals surface area contributed by atoms with Crippen LogP contribution in [0.15, 0.2) is 12.1 Å². The van der Waals surface area contributed by atoms with Crippen molar-refractivity contribution in [1.29, 1.82) is 0 Å². The number of carbonyl (C=O) groups is 1. The summed E-state index contributed by atoms with van der Waals surface area (Å²) >= 11 is 0. The molecular weight excluding hydrogens is 470 g/mol. The molecule has 4 bridgehead atoms. The molecule has 1 N–H and O–H groups in total. The molecule has 0 unspecified atom stereocenters. The molecule has 4 aliphatic rings. The molecule has 1 aromatic rings. The number of nitrogens with one attached hydrogen (secondary N) is 1. The Hall–Kier alpha value is -1.98. The molecule has 1 aromatic carbocycles. The molecule has 3 atom stereocenters. The summed E-state index contributed by atoms with van der Waals surface area (Å²) in [6.07, 6.45) is 3.70. The number of ether oxygens (including phenoxy) is 3. The number of benzene rings is 1. The summed E-state index contributed by atoms with van der Waals surface area (Å²) in [6.45, 7) is 2.08. The first-order chi connectivity index (χ1) is 16.1. The first-order valence-electron chi connectivity index (χ1n) is 11.8. The van der Waals surface area contributed by atoms with E-state index < -0.39 is 39.8 Å². The number of rotatable bonds is 2. The maximum atomic E-state index is 15.0. The van der Waals surface area contributed by atoms with Gasteiger partial charge in [-0.2, -0.15) is 0 Å². The highest BCUT2D eigenvalue weighted by Gasteiger charge is 2.44. The van der Waals surface area contributed by atoms with Crippen molar-refractivity contribution in [3.8, 4) is 5.75 Å². The lowest BCUT2D eigenvalue weighted by Gasteiger charge is -2.33. The van der Waals surface area contributed by atoms with Gasteiger partial charge in [0, 0.05) is 24.6 Å². The van der Waals surface area contributed by atoms with Crippen LogP contribution in [0.5, 0.6) is 5.75 Å². The van der Waals surface area contributed by atoms with Crippen molar-refractivity contribution in [3.63, 3.8) is 0 Å². The van der Waals surface area contributed by atoms with E-state index in [2.05, 4.69) is 4.72 Å². The minimum atomic E-state index is -3.49. The first kappa shape index (κ1) is 25.1. The highest BCUT2D eigenvalue weighted by molar-refractivity contribution is 7.88. The SMILES string of the molecule is C[C@@H]1C[C@H](NS(C)(=O)=O)[C@@H]2COC3CCC(CC3)c3cc(F)cc(c3F)OCCCOC(=O)N12. The fourth-order valence-corrected chi connectivity index (χ4v) is 6.11. The second-order valence-electron chi connectivity index (χ2n) is 9.49. The van der Waals surface area contributed by atoms with E-state index in [1.807, 2.05) is 6.92 Å². The predicted octanol–water partition coefficient (Wildman–Crippen LogP) is 3.31. The van der Waals surface area contributed by atoms with Crippen LogP contribution in [-0.4, -0.2) is 69.7 Å². The van der Waals surface area contributed by atoms with Crippen LogP contribution in [0.1, 0.15) is 56.9 Å². The van der Waals surface area contributed by atoms with Crippen LogP contribution in [0, 0.1) is 11.6 Å². The van der Waals surface area contributed by atoms with Crippen LogP contribution in [0.2, 0.25) is 0 Å². The smallest absolute Gasteiger partial charge is 0.410 e. The summed E-state index contributed by atoms with van der Waals surface area (Å²) < 4.78 is 72.7. The zero-order valence-electron chi connectivity index (χ0n) is 19.5. The zero-order chi connectivity index (χ0) is 24.5. The van der Waals surface area contributed by atoms with Crippen molar-refractivity contribution in [2.24, 2.45) is 0 Å². The standard InChI is InChI=1S/C23H32F2N2O6S/c1-14-10-19(26-34(2,29)30)20-13-33-17-6-4-15(5-7-17)18-11-16(24)12-21(22(18)25)31-8-3-9-32-23(28)27(14)20/h11-12,14-15,17,19-20,26H,3-10,13H2,1-2H3/t14-,15?,17?,19+,20+/m1/s1. The van der Waals surface area contributed by atoms with Gasteiger partial charge in [0.15, 0.2) is 11.6 Å². The van der Waals surface area contributed by atoms with Crippen molar-refractivity contribution in [2.75, 3.05) is 26.1 Å². The summed E-state index contributed by atoms with van der Waals surface area (Å²) in [5.41, 5.74) is 0.317. The molecular formula is C23H32F2N2O6S. The van der Waals surface area contributed by atoms with Crippen molar-refractivity contribution < 1.29 is 36.2 Å². The Morgan fingerprint density at radius 1 is 1.09 bits per heavy atom. The van der Waals surface area contributed by atoms with Crippen molar-refractivity contribution in [2.45, 2.75) is 75.6 Å². The lowest BCUT2D eigenvalue weighted by atomic mass is 9.82. The molecule has 1 aliphatic carbocycles. The lowest BCUT2D eigenvalue weighted by Crippen LogP contribution is -2.50. The quantitative estimate of drug-likeness (QED) is 0.667. The van der Waals surface area contributed by atoms with Gasteiger partial charge in [-0.05, 0) is 56.6 Å². The maximum absolute atomic E-state index is 15.0. The molecule has 5 rings (SSSR count). The maximum Gasteiger partial charge on any atom is 0.410 e. The average molecular weight is 503 g/mol. The van der Waals surface area contributed by atoms with Gasteiger partial charge >= 0.3 is 6.09 Å². The van der Waals surface area contributed by atoms with Gasteiger partial charge in [0.05, 0.1) is 38.2 Å². The van der Waals surface area contributed by atoms with E-state index in [1.54, 1.807) is 4.90 Å². The van der Waals surface area contributed by atoms with Gasteiger partial charge in [0.1, 0.15) is 5.82 Å². The first-order valence-corrected chi connectivity index (χ1v) is 13.7. The fourth-order valence-electron chi connectivity index (χ4n) is 5.31. The van der Waals surface area contributed by atoms with E-state index >= 15 is 4.39 Å². The molecule has 8 nitrogen and oxygen atoms in total. The number of hydrogen-bond donors (Lipinski definition) is 1. The predicted molar refractivity (Wildman–Crippen MR) is 120 cm³/mol. The minimum absolute atomic E-state index is 0.0227. The molecule has 1 saturated carbocycles. The normalized spacial score (nSPS) is 30.9. The average Bonchev–Trinajstić information content (AvgIpc) is 3.06. The Morgan fingerprint density at radius 2 is 1.79 bits per heavy atom. The largest absolute Gasteiger partial charge is 0.490 e. The van der Waals surface area contributed by atoms with Gasteiger partial charge in [0.2, 0.25) is 10.0 Å². The third-order valence-electron chi connectivity index (χ3n) is 6.89. The molecule has 11 heteroatoms. The van der Waals surface area contributed by atoms with E-state index in [4.69, 9.17) is 14.2 Å². The summed E-state index contributed by atoms with van der Waals surface area (Å²) in [5.74, 6) is -1.36. The second-order valence-corrected chi connectivity index (χ2v) is 11.3. The number of nitrogens with zero attached hydrogens (tertiary/aromatic N) is 1. The summed E-state index contributed by atoms with van der Waals surface area (Å²) in [4.78, 5) is 14.4. The Labute approximate surface area is 199 Å². The van der Waals surface area contributed by atoms with Gasteiger partial charge in [0.25, 0.3) is 0 Å². The van der Waals surface area contributed by atoms with E-state index in [0.717, 1.165) is 12.3 Å². The second kappa shape index (κ2) is 10.3. The van der Waals surface area contributed by atoms with E-state index in [0.29, 0.717) is 37.7 Å². The van der Waals surface area contributed by atoms with Crippen LogP contribution in [0.25, 0.3) is 0 Å². The van der Waals surface area contributed by atoms with Crippen LogP contribution in [0.3, 0.4) is 0 Å². The topological polar surface area (TPSA) is 94.2 Å². The van der Waals surface area contributed by atoms with Crippen molar-refractivity contribution in [3.05, 3.63) is 29.3 Å². The third kappa shape index (κ3) is 5.80. The molecule has 3 heterocycles. The Bertz CT molecular complexity index is 999. The number of sulfonamides is 1. The molecule has 0 radical (unpaired) electrons. The minimum Gasteiger partial charge on any atom is -0.490 e. The van der Waals surface area contributed by atoms with Crippen molar-refractivity contribution >= 4 is 16.1 Å². The molecule has 34 heavy (non-hydrogen) atoms. The Balaban J connectivity index is 1.55. The molecule has 0 spiro atoms. The Kier molecular flexibility index (Phi) is 7.63. The molecule has 0 aromatic heterocycles. The van der Waals surface area contributed by atoms with Crippen molar-refractivity contribution in [1.82, 2.24) is 9.62 Å².